The summed E-state index contributed by atoms with van der Waals surface area (Å²) in [7, 11) is 4.08. The monoisotopic (exact) mass is 288 g/mol. The van der Waals surface area contributed by atoms with Crippen LogP contribution >= 0.6 is 0 Å². The lowest BCUT2D eigenvalue weighted by Gasteiger charge is -2.16. The maximum atomic E-state index is 5.86. The number of allylic oxidation sites excluding steroid dienone is 1. The van der Waals surface area contributed by atoms with Crippen molar-refractivity contribution in [3.05, 3.63) is 24.8 Å². The number of rotatable bonds is 5. The zero-order valence-electron chi connectivity index (χ0n) is 12.3. The predicted molar refractivity (Wildman–Crippen MR) is 80.8 cm³/mol. The molecule has 7 heteroatoms. The summed E-state index contributed by atoms with van der Waals surface area (Å²) in [6, 6.07) is 0.202. The van der Waals surface area contributed by atoms with Gasteiger partial charge in [0.2, 0.25) is 0 Å². The topological polar surface area (TPSA) is 82.1 Å². The fraction of sp³-hybridized carbons (Fsp3) is 0.500. The third kappa shape index (κ3) is 2.88. The number of likely N-dealkylation sites (N-methyl/N-ethyl adjacent to an activating group) is 1. The van der Waals surface area contributed by atoms with Gasteiger partial charge in [0.25, 0.3) is 0 Å². The largest absolute Gasteiger partial charge is 0.382 e. The van der Waals surface area contributed by atoms with Gasteiger partial charge in [0, 0.05) is 13.0 Å². The molecular weight excluding hydrogens is 268 g/mol. The number of anilines is 1. The van der Waals surface area contributed by atoms with Gasteiger partial charge in [0.15, 0.2) is 11.5 Å². The molecule has 0 aromatic carbocycles. The van der Waals surface area contributed by atoms with Gasteiger partial charge in [-0.3, -0.25) is 0 Å². The van der Waals surface area contributed by atoms with E-state index in [0.29, 0.717) is 11.3 Å². The van der Waals surface area contributed by atoms with Crippen LogP contribution in [-0.2, 0) is 4.74 Å². The minimum absolute atomic E-state index is 0.145. The summed E-state index contributed by atoms with van der Waals surface area (Å²) in [5.41, 5.74) is 7.24. The van der Waals surface area contributed by atoms with Crippen LogP contribution in [-0.4, -0.2) is 57.8 Å². The first kappa shape index (κ1) is 14.0. The molecule has 0 saturated carbocycles. The first-order chi connectivity index (χ1) is 10.1. The molecule has 2 unspecified atom stereocenters. The number of nitrogens with two attached hydrogens (primary N) is 1. The summed E-state index contributed by atoms with van der Waals surface area (Å²) in [5, 5.41) is 0. The predicted octanol–water partition coefficient (Wildman–Crippen LogP) is 0.856. The fourth-order valence-electron chi connectivity index (χ4n) is 2.48. The van der Waals surface area contributed by atoms with Crippen LogP contribution in [0.2, 0.25) is 0 Å². The van der Waals surface area contributed by atoms with Gasteiger partial charge in [-0.05, 0) is 14.1 Å². The molecule has 0 amide bonds. The Hall–Kier alpha value is -1.99. The second-order valence-electron chi connectivity index (χ2n) is 5.48. The van der Waals surface area contributed by atoms with Crippen LogP contribution in [0.5, 0.6) is 0 Å². The van der Waals surface area contributed by atoms with Gasteiger partial charge in [0.1, 0.15) is 11.8 Å². The summed E-state index contributed by atoms with van der Waals surface area (Å²) in [4.78, 5) is 14.7. The summed E-state index contributed by atoms with van der Waals surface area (Å²) in [6.07, 6.45) is 8.53. The normalized spacial score (nSPS) is 21.7. The number of nitrogen functional groups attached to an aromatic ring is 1. The second kappa shape index (κ2) is 5.79. The molecule has 0 fully saturated rings. The minimum atomic E-state index is 0.145. The zero-order valence-corrected chi connectivity index (χ0v) is 12.3. The van der Waals surface area contributed by atoms with Gasteiger partial charge in [0.05, 0.1) is 25.1 Å². The number of ether oxygens (including phenoxy) is 1. The molecule has 0 bridgehead atoms. The van der Waals surface area contributed by atoms with Crippen molar-refractivity contribution in [3.8, 4) is 0 Å². The van der Waals surface area contributed by atoms with Crippen molar-refractivity contribution < 1.29 is 4.74 Å². The van der Waals surface area contributed by atoms with E-state index in [1.807, 2.05) is 18.7 Å². The molecule has 2 aromatic rings. The third-order valence-corrected chi connectivity index (χ3v) is 3.64. The molecule has 2 aromatic heterocycles. The lowest BCUT2D eigenvalue weighted by atomic mass is 10.2. The summed E-state index contributed by atoms with van der Waals surface area (Å²) in [5.74, 6) is 0.416. The van der Waals surface area contributed by atoms with Gasteiger partial charge in [-0.15, -0.1) is 0 Å². The molecule has 2 atom stereocenters. The summed E-state index contributed by atoms with van der Waals surface area (Å²) >= 11 is 0. The van der Waals surface area contributed by atoms with E-state index in [9.17, 15) is 0 Å². The smallest absolute Gasteiger partial charge is 0.165 e. The molecule has 3 rings (SSSR count). The van der Waals surface area contributed by atoms with Crippen molar-refractivity contribution in [1.29, 1.82) is 0 Å². The van der Waals surface area contributed by atoms with E-state index in [-0.39, 0.29) is 12.1 Å². The van der Waals surface area contributed by atoms with E-state index in [4.69, 9.17) is 10.5 Å². The molecule has 21 heavy (non-hydrogen) atoms. The van der Waals surface area contributed by atoms with Crippen LogP contribution in [0.4, 0.5) is 5.82 Å². The Morgan fingerprint density at radius 2 is 2.19 bits per heavy atom. The Labute approximate surface area is 123 Å². The van der Waals surface area contributed by atoms with E-state index in [1.165, 1.54) is 6.33 Å². The lowest BCUT2D eigenvalue weighted by molar-refractivity contribution is 0.0691. The summed E-state index contributed by atoms with van der Waals surface area (Å²) in [6.45, 7) is 1.65. The molecule has 2 N–H and O–H groups in total. The van der Waals surface area contributed by atoms with Crippen LogP contribution in [0.1, 0.15) is 12.5 Å². The highest BCUT2D eigenvalue weighted by Crippen LogP contribution is 2.28. The molecule has 1 aliphatic rings. The highest BCUT2D eigenvalue weighted by atomic mass is 16.5. The average Bonchev–Trinajstić information content (AvgIpc) is 3.05. The van der Waals surface area contributed by atoms with Crippen molar-refractivity contribution in [1.82, 2.24) is 24.4 Å². The Balaban J connectivity index is 1.68. The number of fused-ring (bicyclic) bond motifs is 1. The maximum Gasteiger partial charge on any atom is 0.165 e. The van der Waals surface area contributed by atoms with Crippen LogP contribution in [0.3, 0.4) is 0 Å². The van der Waals surface area contributed by atoms with Crippen molar-refractivity contribution in [2.45, 2.75) is 18.6 Å². The SMILES string of the molecule is CN(C)CCOC1C=CC(n2cnc3c(N)ncnc32)C1. The molecule has 0 radical (unpaired) electrons. The van der Waals surface area contributed by atoms with E-state index >= 15 is 0 Å². The molecular formula is C14H20N6O. The van der Waals surface area contributed by atoms with Gasteiger partial charge >= 0.3 is 0 Å². The Morgan fingerprint density at radius 3 is 3.00 bits per heavy atom. The van der Waals surface area contributed by atoms with Gasteiger partial charge < -0.3 is 19.9 Å². The molecule has 0 aliphatic heterocycles. The average molecular weight is 288 g/mol. The number of imidazole rings is 1. The van der Waals surface area contributed by atoms with Crippen LogP contribution in [0, 0.1) is 0 Å². The Bertz CT molecular complexity index is 650. The molecule has 0 saturated heterocycles. The molecule has 0 spiro atoms. The maximum absolute atomic E-state index is 5.86. The van der Waals surface area contributed by atoms with E-state index in [0.717, 1.165) is 25.2 Å². The van der Waals surface area contributed by atoms with Crippen molar-refractivity contribution in [2.75, 3.05) is 33.0 Å². The van der Waals surface area contributed by atoms with E-state index in [1.54, 1.807) is 6.33 Å². The first-order valence-electron chi connectivity index (χ1n) is 7.03. The first-order valence-corrected chi connectivity index (χ1v) is 7.03. The quantitative estimate of drug-likeness (QED) is 0.822. The minimum Gasteiger partial charge on any atom is -0.382 e. The highest BCUT2D eigenvalue weighted by Gasteiger charge is 2.23. The number of aromatic nitrogens is 4. The number of hydrogen-bond acceptors (Lipinski definition) is 6. The third-order valence-electron chi connectivity index (χ3n) is 3.64. The van der Waals surface area contributed by atoms with Crippen LogP contribution in [0.25, 0.3) is 11.2 Å². The van der Waals surface area contributed by atoms with E-state index < -0.39 is 0 Å². The van der Waals surface area contributed by atoms with Gasteiger partial charge in [-0.1, -0.05) is 12.2 Å². The van der Waals surface area contributed by atoms with Gasteiger partial charge in [-0.2, -0.15) is 0 Å². The Kier molecular flexibility index (Phi) is 3.85. The fourth-order valence-corrected chi connectivity index (χ4v) is 2.48. The Morgan fingerprint density at radius 1 is 1.33 bits per heavy atom. The van der Waals surface area contributed by atoms with Crippen LogP contribution in [0.15, 0.2) is 24.8 Å². The second-order valence-corrected chi connectivity index (χ2v) is 5.48. The summed E-state index contributed by atoms with van der Waals surface area (Å²) < 4.78 is 7.89. The van der Waals surface area contributed by atoms with Gasteiger partial charge in [-0.25, -0.2) is 15.0 Å². The lowest BCUT2D eigenvalue weighted by Crippen LogP contribution is -2.21. The molecule has 1 aliphatic carbocycles. The number of nitrogens with zero attached hydrogens (tertiary/aromatic N) is 5. The molecule has 7 nitrogen and oxygen atoms in total. The highest BCUT2D eigenvalue weighted by molar-refractivity contribution is 5.81. The van der Waals surface area contributed by atoms with Crippen molar-refractivity contribution in [3.63, 3.8) is 0 Å². The molecule has 2 heterocycles. The van der Waals surface area contributed by atoms with E-state index in [2.05, 4.69) is 32.0 Å². The van der Waals surface area contributed by atoms with Crippen LogP contribution < -0.4 is 5.73 Å². The van der Waals surface area contributed by atoms with Crippen molar-refractivity contribution >= 4 is 17.0 Å². The standard InChI is InChI=1S/C14H20N6O/c1-19(2)5-6-21-11-4-3-10(7-11)20-9-18-12-13(15)16-8-17-14(12)20/h3-4,8-11H,5-7H2,1-2H3,(H2,15,16,17). The molecule has 112 valence electrons. The number of hydrogen-bond donors (Lipinski definition) is 1. The van der Waals surface area contributed by atoms with Crippen molar-refractivity contribution in [2.24, 2.45) is 0 Å². The zero-order chi connectivity index (χ0) is 14.8.